The lowest BCUT2D eigenvalue weighted by atomic mass is 9.89. The number of aryl methyl sites for hydroxylation is 1. The Morgan fingerprint density at radius 2 is 2.06 bits per heavy atom. The van der Waals surface area contributed by atoms with Crippen molar-refractivity contribution in [1.29, 1.82) is 0 Å². The fraction of sp³-hybridized carbons (Fsp3) is 0.600. The van der Waals surface area contributed by atoms with Crippen molar-refractivity contribution in [3.8, 4) is 0 Å². The van der Waals surface area contributed by atoms with E-state index in [0.717, 1.165) is 32.5 Å². The van der Waals surface area contributed by atoms with Gasteiger partial charge >= 0.3 is 0 Å². The molecule has 3 heteroatoms. The highest BCUT2D eigenvalue weighted by Crippen LogP contribution is 2.22. The Labute approximate surface area is 110 Å². The lowest BCUT2D eigenvalue weighted by Crippen LogP contribution is -2.57. The van der Waals surface area contributed by atoms with Gasteiger partial charge in [0.2, 0.25) is 0 Å². The van der Waals surface area contributed by atoms with Crippen LogP contribution in [0.4, 0.5) is 0 Å². The van der Waals surface area contributed by atoms with Crippen LogP contribution in [0.25, 0.3) is 0 Å². The van der Waals surface area contributed by atoms with E-state index in [2.05, 4.69) is 41.4 Å². The summed E-state index contributed by atoms with van der Waals surface area (Å²) in [7, 11) is 1.95. The number of aliphatic hydroxyl groups excluding tert-OH is 1. The maximum absolute atomic E-state index is 9.57. The monoisotopic (exact) mass is 248 g/mol. The predicted octanol–water partition coefficient (Wildman–Crippen LogP) is 1.54. The minimum Gasteiger partial charge on any atom is -0.394 e. The largest absolute Gasteiger partial charge is 0.394 e. The van der Waals surface area contributed by atoms with Crippen molar-refractivity contribution in [3.05, 3.63) is 35.4 Å². The van der Waals surface area contributed by atoms with Crippen LogP contribution in [0.1, 0.15) is 24.0 Å². The molecule has 0 bridgehead atoms. The molecular weight excluding hydrogens is 224 g/mol. The van der Waals surface area contributed by atoms with Crippen LogP contribution in [-0.2, 0) is 6.54 Å². The highest BCUT2D eigenvalue weighted by atomic mass is 16.3. The minimum absolute atomic E-state index is 0.108. The van der Waals surface area contributed by atoms with Crippen molar-refractivity contribution in [3.63, 3.8) is 0 Å². The van der Waals surface area contributed by atoms with E-state index in [0.29, 0.717) is 0 Å². The zero-order valence-corrected chi connectivity index (χ0v) is 11.4. The van der Waals surface area contributed by atoms with Crippen LogP contribution < -0.4 is 5.32 Å². The normalized spacial score (nSPS) is 25.3. The molecule has 0 aliphatic carbocycles. The van der Waals surface area contributed by atoms with Crippen LogP contribution in [0.3, 0.4) is 0 Å². The van der Waals surface area contributed by atoms with Crippen LogP contribution in [-0.4, -0.2) is 42.3 Å². The van der Waals surface area contributed by atoms with Crippen molar-refractivity contribution >= 4 is 0 Å². The van der Waals surface area contributed by atoms with E-state index in [1.54, 1.807) is 0 Å². The van der Waals surface area contributed by atoms with Gasteiger partial charge < -0.3 is 10.4 Å². The van der Waals surface area contributed by atoms with Gasteiger partial charge in [0.05, 0.1) is 12.1 Å². The second-order valence-corrected chi connectivity index (χ2v) is 5.49. The highest BCUT2D eigenvalue weighted by Gasteiger charge is 2.33. The zero-order chi connectivity index (χ0) is 13.0. The first-order valence-corrected chi connectivity index (χ1v) is 6.75. The second kappa shape index (κ2) is 5.83. The zero-order valence-electron chi connectivity index (χ0n) is 11.4. The van der Waals surface area contributed by atoms with Crippen LogP contribution in [0.15, 0.2) is 24.3 Å². The van der Waals surface area contributed by atoms with Gasteiger partial charge in [-0.05, 0) is 38.9 Å². The summed E-state index contributed by atoms with van der Waals surface area (Å²) in [5.41, 5.74) is 2.55. The number of hydrogen-bond donors (Lipinski definition) is 2. The Hall–Kier alpha value is -0.900. The third-order valence-electron chi connectivity index (χ3n) is 4.02. The van der Waals surface area contributed by atoms with E-state index in [-0.39, 0.29) is 12.1 Å². The van der Waals surface area contributed by atoms with Crippen LogP contribution >= 0.6 is 0 Å². The molecule has 0 aromatic heterocycles. The molecule has 0 saturated carbocycles. The van der Waals surface area contributed by atoms with E-state index in [1.165, 1.54) is 11.1 Å². The number of rotatable bonds is 4. The van der Waals surface area contributed by atoms with E-state index in [9.17, 15) is 5.11 Å². The molecule has 18 heavy (non-hydrogen) atoms. The van der Waals surface area contributed by atoms with Crippen molar-refractivity contribution in [2.45, 2.75) is 31.8 Å². The maximum atomic E-state index is 9.57. The molecule has 1 atom stereocenters. The summed E-state index contributed by atoms with van der Waals surface area (Å²) in [6.45, 7) is 5.35. The molecule has 3 nitrogen and oxygen atoms in total. The average molecular weight is 248 g/mol. The Morgan fingerprint density at radius 3 is 2.67 bits per heavy atom. The van der Waals surface area contributed by atoms with E-state index >= 15 is 0 Å². The van der Waals surface area contributed by atoms with E-state index in [4.69, 9.17) is 0 Å². The maximum Gasteiger partial charge on any atom is 0.0625 e. The quantitative estimate of drug-likeness (QED) is 0.848. The number of likely N-dealkylation sites (N-methyl/N-ethyl adjacent to an activating group) is 1. The van der Waals surface area contributed by atoms with Crippen molar-refractivity contribution < 1.29 is 5.11 Å². The first kappa shape index (κ1) is 13.5. The molecular formula is C15H24N2O. The lowest BCUT2D eigenvalue weighted by Gasteiger charge is -2.41. The van der Waals surface area contributed by atoms with Gasteiger partial charge in [0.15, 0.2) is 0 Å². The van der Waals surface area contributed by atoms with Gasteiger partial charge in [-0.25, -0.2) is 0 Å². The summed E-state index contributed by atoms with van der Waals surface area (Å²) in [6.07, 6.45) is 2.21. The smallest absolute Gasteiger partial charge is 0.0625 e. The van der Waals surface area contributed by atoms with Crippen molar-refractivity contribution in [1.82, 2.24) is 10.2 Å². The number of nitrogens with zero attached hydrogens (tertiary/aromatic N) is 1. The fourth-order valence-corrected chi connectivity index (χ4v) is 2.73. The fourth-order valence-electron chi connectivity index (χ4n) is 2.73. The first-order chi connectivity index (χ1) is 8.67. The molecule has 1 unspecified atom stereocenters. The van der Waals surface area contributed by atoms with Crippen LogP contribution in [0, 0.1) is 6.92 Å². The molecule has 1 aliphatic heterocycles. The molecule has 0 amide bonds. The van der Waals surface area contributed by atoms with E-state index in [1.807, 2.05) is 7.05 Å². The molecule has 2 rings (SSSR count). The Morgan fingerprint density at radius 1 is 1.33 bits per heavy atom. The van der Waals surface area contributed by atoms with Gasteiger partial charge in [0.1, 0.15) is 0 Å². The molecule has 100 valence electrons. The van der Waals surface area contributed by atoms with Gasteiger partial charge in [0, 0.05) is 13.1 Å². The minimum atomic E-state index is -0.108. The Bertz CT molecular complexity index is 371. The standard InChI is InChI=1S/C15H24N2O/c1-13-4-6-14(7-5-13)10-17-9-3-8-15(11-17,12-18)16-2/h4-7,16,18H,3,8-12H2,1-2H3. The summed E-state index contributed by atoms with van der Waals surface area (Å²) in [4.78, 5) is 2.43. The molecule has 1 aliphatic rings. The van der Waals surface area contributed by atoms with Crippen molar-refractivity contribution in [2.75, 3.05) is 26.7 Å². The third-order valence-corrected chi connectivity index (χ3v) is 4.02. The molecule has 0 radical (unpaired) electrons. The predicted molar refractivity (Wildman–Crippen MR) is 74.6 cm³/mol. The number of piperidine rings is 1. The van der Waals surface area contributed by atoms with Crippen LogP contribution in [0.5, 0.6) is 0 Å². The number of aliphatic hydroxyl groups is 1. The Balaban J connectivity index is 1.99. The van der Waals surface area contributed by atoms with Gasteiger partial charge in [-0.15, -0.1) is 0 Å². The van der Waals surface area contributed by atoms with Gasteiger partial charge in [0.25, 0.3) is 0 Å². The summed E-state index contributed by atoms with van der Waals surface area (Å²) in [6, 6.07) is 8.72. The molecule has 0 spiro atoms. The van der Waals surface area contributed by atoms with Gasteiger partial charge in [-0.1, -0.05) is 29.8 Å². The summed E-state index contributed by atoms with van der Waals surface area (Å²) < 4.78 is 0. The topological polar surface area (TPSA) is 35.5 Å². The molecule has 1 aromatic carbocycles. The average Bonchev–Trinajstić information content (AvgIpc) is 2.41. The molecule has 1 saturated heterocycles. The third kappa shape index (κ3) is 3.10. The van der Waals surface area contributed by atoms with Gasteiger partial charge in [-0.3, -0.25) is 4.90 Å². The van der Waals surface area contributed by atoms with E-state index < -0.39 is 0 Å². The first-order valence-electron chi connectivity index (χ1n) is 6.75. The second-order valence-electron chi connectivity index (χ2n) is 5.49. The molecule has 1 fully saturated rings. The molecule has 2 N–H and O–H groups in total. The summed E-state index contributed by atoms with van der Waals surface area (Å²) in [5.74, 6) is 0. The number of nitrogens with one attached hydrogen (secondary N) is 1. The molecule has 1 aromatic rings. The SMILES string of the molecule is CNC1(CO)CCCN(Cc2ccc(C)cc2)C1. The number of hydrogen-bond acceptors (Lipinski definition) is 3. The van der Waals surface area contributed by atoms with Crippen molar-refractivity contribution in [2.24, 2.45) is 0 Å². The lowest BCUT2D eigenvalue weighted by molar-refractivity contribution is 0.0690. The Kier molecular flexibility index (Phi) is 4.38. The van der Waals surface area contributed by atoms with Crippen LogP contribution in [0.2, 0.25) is 0 Å². The molecule has 1 heterocycles. The van der Waals surface area contributed by atoms with Gasteiger partial charge in [-0.2, -0.15) is 0 Å². The number of likely N-dealkylation sites (tertiary alicyclic amines) is 1. The highest BCUT2D eigenvalue weighted by molar-refractivity contribution is 5.21. The number of benzene rings is 1. The summed E-state index contributed by atoms with van der Waals surface area (Å²) in [5, 5.41) is 12.9. The summed E-state index contributed by atoms with van der Waals surface area (Å²) >= 11 is 0.